The molecule has 1 fully saturated rings. The van der Waals surface area contributed by atoms with Crippen molar-refractivity contribution < 1.29 is 9.59 Å². The van der Waals surface area contributed by atoms with Crippen molar-refractivity contribution in [1.82, 2.24) is 4.57 Å². The van der Waals surface area contributed by atoms with E-state index in [1.165, 1.54) is 53.3 Å². The van der Waals surface area contributed by atoms with Gasteiger partial charge in [0.25, 0.3) is 0 Å². The van der Waals surface area contributed by atoms with Gasteiger partial charge in [0.1, 0.15) is 0 Å². The zero-order valence-corrected chi connectivity index (χ0v) is 30.3. The van der Waals surface area contributed by atoms with Crippen molar-refractivity contribution in [3.05, 3.63) is 113 Å². The Kier molecular flexibility index (Phi) is 7.06. The van der Waals surface area contributed by atoms with Gasteiger partial charge in [-0.1, -0.05) is 69.0 Å². The number of aromatic nitrogens is 1. The molecule has 1 heterocycles. The molecule has 1 aromatic heterocycles. The van der Waals surface area contributed by atoms with Gasteiger partial charge in [-0.3, -0.25) is 9.59 Å². The monoisotopic (exact) mass is 680 g/mol. The number of carbonyl (C=O) groups excluding carboxylic acids is 2. The highest BCUT2D eigenvalue weighted by molar-refractivity contribution is 6.24. The van der Waals surface area contributed by atoms with Crippen LogP contribution in [0.15, 0.2) is 85.4 Å². The molecule has 0 saturated heterocycles. The first-order chi connectivity index (χ1) is 25.4. The summed E-state index contributed by atoms with van der Waals surface area (Å²) in [7, 11) is 0. The average molecular weight is 681 g/mol. The summed E-state index contributed by atoms with van der Waals surface area (Å²) in [6.07, 6.45) is 8.49. The number of rotatable bonds is 4. The summed E-state index contributed by atoms with van der Waals surface area (Å²) in [5.41, 5.74) is 18.0. The van der Waals surface area contributed by atoms with Gasteiger partial charge in [-0.25, -0.2) is 0 Å². The van der Waals surface area contributed by atoms with Gasteiger partial charge in [-0.05, 0) is 144 Å². The fraction of sp³-hybridized carbons (Fsp3) is 0.292. The molecule has 52 heavy (non-hydrogen) atoms. The molecule has 5 aliphatic carbocycles. The molecule has 2 atom stereocenters. The van der Waals surface area contributed by atoms with Crippen molar-refractivity contribution in [3.63, 3.8) is 0 Å². The number of Topliss-reactive ketones (excluding diaryl/α,β-unsaturated/α-hetero) is 1. The molecule has 4 bridgehead atoms. The second-order valence-electron chi connectivity index (χ2n) is 16.0. The third-order valence-corrected chi connectivity index (χ3v) is 13.3. The number of nitrogens with zero attached hydrogens (tertiary/aromatic N) is 1. The SMILES string of the molecule is C=C1c2cc(-n3c4cc5c(cc4c4c6c(cc(C)c43)-c3ccccc3-c3cccc-6c3NC=O)C(C)CCC(CC)C5=O)ccc2C2CCC1CC2. The smallest absolute Gasteiger partial charge is 0.211 e. The molecule has 1 amide bonds. The number of amides is 1. The number of benzene rings is 5. The number of hydrogen-bond donors (Lipinski definition) is 1. The molecule has 1 N–H and O–H groups in total. The number of ketones is 1. The fourth-order valence-electron chi connectivity index (χ4n) is 10.6. The van der Waals surface area contributed by atoms with Crippen LogP contribution in [0.1, 0.15) is 103 Å². The van der Waals surface area contributed by atoms with Gasteiger partial charge in [-0.15, -0.1) is 0 Å². The third-order valence-electron chi connectivity index (χ3n) is 13.3. The van der Waals surface area contributed by atoms with Crippen LogP contribution in [0.2, 0.25) is 0 Å². The number of allylic oxidation sites excluding steroid dienone is 1. The van der Waals surface area contributed by atoms with Crippen molar-refractivity contribution in [2.24, 2.45) is 11.8 Å². The topological polar surface area (TPSA) is 51.1 Å². The van der Waals surface area contributed by atoms with Crippen LogP contribution in [0.5, 0.6) is 0 Å². The quantitative estimate of drug-likeness (QED) is 0.149. The molecule has 6 aromatic rings. The summed E-state index contributed by atoms with van der Waals surface area (Å²) in [5.74, 6) is 1.72. The van der Waals surface area contributed by atoms with Crippen LogP contribution >= 0.6 is 0 Å². The lowest BCUT2D eigenvalue weighted by Crippen LogP contribution is -2.13. The van der Waals surface area contributed by atoms with Gasteiger partial charge >= 0.3 is 0 Å². The van der Waals surface area contributed by atoms with E-state index in [0.717, 1.165) is 98.0 Å². The van der Waals surface area contributed by atoms with Crippen LogP contribution in [0.25, 0.3) is 66.4 Å². The van der Waals surface area contributed by atoms with E-state index in [0.29, 0.717) is 11.8 Å². The van der Waals surface area contributed by atoms with Crippen LogP contribution in [0.4, 0.5) is 5.69 Å². The third kappa shape index (κ3) is 4.33. The minimum Gasteiger partial charge on any atom is -0.328 e. The van der Waals surface area contributed by atoms with E-state index in [1.54, 1.807) is 0 Å². The zero-order chi connectivity index (χ0) is 35.4. The number of aryl methyl sites for hydroxylation is 1. The lowest BCUT2D eigenvalue weighted by Gasteiger charge is -2.23. The summed E-state index contributed by atoms with van der Waals surface area (Å²) >= 11 is 0. The van der Waals surface area contributed by atoms with E-state index >= 15 is 0 Å². The van der Waals surface area contributed by atoms with Crippen molar-refractivity contribution in [1.29, 1.82) is 0 Å². The fourth-order valence-corrected chi connectivity index (χ4v) is 10.6. The molecule has 11 rings (SSSR count). The summed E-state index contributed by atoms with van der Waals surface area (Å²) in [4.78, 5) is 26.6. The van der Waals surface area contributed by atoms with Gasteiger partial charge in [0.2, 0.25) is 6.41 Å². The van der Waals surface area contributed by atoms with E-state index < -0.39 is 0 Å². The number of nitrogens with one attached hydrogen (secondary N) is 1. The lowest BCUT2D eigenvalue weighted by molar-refractivity contribution is -0.105. The average Bonchev–Trinajstić information content (AvgIpc) is 3.26. The first kappa shape index (κ1) is 31.5. The highest BCUT2D eigenvalue weighted by Crippen LogP contribution is 2.54. The summed E-state index contributed by atoms with van der Waals surface area (Å²) < 4.78 is 2.44. The number of anilines is 1. The Morgan fingerprint density at radius 2 is 1.50 bits per heavy atom. The predicted molar refractivity (Wildman–Crippen MR) is 215 cm³/mol. The molecule has 5 aliphatic rings. The maximum Gasteiger partial charge on any atom is 0.211 e. The molecule has 1 saturated carbocycles. The van der Waals surface area contributed by atoms with Gasteiger partial charge in [0.05, 0.1) is 16.7 Å². The van der Waals surface area contributed by atoms with Gasteiger partial charge in [-0.2, -0.15) is 0 Å². The van der Waals surface area contributed by atoms with Gasteiger partial charge in [0.15, 0.2) is 5.78 Å². The number of fused-ring (bicyclic) bond motifs is 14. The van der Waals surface area contributed by atoms with Crippen LogP contribution in [0, 0.1) is 18.8 Å². The summed E-state index contributed by atoms with van der Waals surface area (Å²) in [6, 6.07) is 29.0. The first-order valence-electron chi connectivity index (χ1n) is 19.3. The molecule has 4 heteroatoms. The van der Waals surface area contributed by atoms with Crippen molar-refractivity contribution in [2.45, 2.75) is 77.6 Å². The molecule has 258 valence electrons. The maximum atomic E-state index is 14.3. The molecule has 0 aliphatic heterocycles. The zero-order valence-electron chi connectivity index (χ0n) is 30.3. The van der Waals surface area contributed by atoms with E-state index in [4.69, 9.17) is 6.58 Å². The van der Waals surface area contributed by atoms with E-state index in [2.05, 4.69) is 110 Å². The Labute approximate surface area is 305 Å². The Morgan fingerprint density at radius 3 is 2.27 bits per heavy atom. The van der Waals surface area contributed by atoms with E-state index in [1.807, 2.05) is 0 Å². The standard InChI is InChI=1S/C48H44N2O2/c1-5-29-14-13-26(2)38-23-42-43(24-41(38)48(29)52)50(32-19-20-33-31-17-15-30(16-18-31)28(4)39(33)22-32)47-27(3)21-40-35-10-7-6-9-34(35)36-11-8-12-37(44(40)45(42)47)46(36)49-25-51/h6-12,19-26,29-31H,4-5,13-18H2,1-3H3,(H,49,51). The molecule has 5 aromatic carbocycles. The van der Waals surface area contributed by atoms with Gasteiger partial charge < -0.3 is 9.88 Å². The second-order valence-corrected chi connectivity index (χ2v) is 16.0. The van der Waals surface area contributed by atoms with Crippen molar-refractivity contribution in [2.75, 3.05) is 5.32 Å². The minimum atomic E-state index is 0.0412. The first-order valence-corrected chi connectivity index (χ1v) is 19.3. The van der Waals surface area contributed by atoms with E-state index in [-0.39, 0.29) is 17.6 Å². The Bertz CT molecular complexity index is 2540. The predicted octanol–water partition coefficient (Wildman–Crippen LogP) is 12.4. The Morgan fingerprint density at radius 1 is 0.769 bits per heavy atom. The molecule has 2 unspecified atom stereocenters. The van der Waals surface area contributed by atoms with Crippen LogP contribution in [-0.4, -0.2) is 16.8 Å². The lowest BCUT2D eigenvalue weighted by atomic mass is 9.81. The van der Waals surface area contributed by atoms with Gasteiger partial charge in [0, 0.05) is 44.6 Å². The molecule has 0 spiro atoms. The highest BCUT2D eigenvalue weighted by Gasteiger charge is 2.34. The van der Waals surface area contributed by atoms with E-state index in [9.17, 15) is 9.59 Å². The van der Waals surface area contributed by atoms with Crippen molar-refractivity contribution in [3.8, 4) is 39.1 Å². The highest BCUT2D eigenvalue weighted by atomic mass is 16.1. The maximum absolute atomic E-state index is 14.3. The number of carbonyl (C=O) groups is 2. The van der Waals surface area contributed by atoms with Crippen molar-refractivity contribution >= 4 is 45.3 Å². The van der Waals surface area contributed by atoms with Crippen LogP contribution in [0.3, 0.4) is 0 Å². The summed E-state index contributed by atoms with van der Waals surface area (Å²) in [6.45, 7) is 11.4. The van der Waals surface area contributed by atoms with Crippen LogP contribution < -0.4 is 5.32 Å². The largest absolute Gasteiger partial charge is 0.328 e. The normalized spacial score (nSPS) is 21.5. The Hall–Kier alpha value is -5.22. The molecular weight excluding hydrogens is 637 g/mol. The second kappa shape index (κ2) is 11.6. The minimum absolute atomic E-state index is 0.0412. The number of para-hydroxylation sites is 1. The summed E-state index contributed by atoms with van der Waals surface area (Å²) in [5, 5.41) is 5.45. The number of hydrogen-bond acceptors (Lipinski definition) is 2. The molecular formula is C48H44N2O2. The molecule has 0 radical (unpaired) electrons. The van der Waals surface area contributed by atoms with Crippen LogP contribution in [-0.2, 0) is 4.79 Å². The Balaban J connectivity index is 1.38. The molecule has 4 nitrogen and oxygen atoms in total.